The van der Waals surface area contributed by atoms with Crippen molar-refractivity contribution in [3.63, 3.8) is 0 Å². The highest BCUT2D eigenvalue weighted by Gasteiger charge is 2.34. The molecule has 0 radical (unpaired) electrons. The summed E-state index contributed by atoms with van der Waals surface area (Å²) in [5.41, 5.74) is 5.31. The average Bonchev–Trinajstić information content (AvgIpc) is 2.87. The molecule has 0 heterocycles. The number of ether oxygens (including phenoxy) is 1. The zero-order valence-electron chi connectivity index (χ0n) is 11.9. The van der Waals surface area contributed by atoms with E-state index in [2.05, 4.69) is 4.72 Å². The summed E-state index contributed by atoms with van der Waals surface area (Å²) in [6.45, 7) is 2.38. The second kappa shape index (κ2) is 6.44. The van der Waals surface area contributed by atoms with Gasteiger partial charge in [0, 0.05) is 6.04 Å². The lowest BCUT2D eigenvalue weighted by molar-refractivity contribution is -0.122. The van der Waals surface area contributed by atoms with E-state index < -0.39 is 27.9 Å². The van der Waals surface area contributed by atoms with E-state index in [4.69, 9.17) is 10.5 Å². The summed E-state index contributed by atoms with van der Waals surface area (Å²) in [5, 5.41) is 0. The lowest BCUT2D eigenvalue weighted by atomic mass is 10.0. The summed E-state index contributed by atoms with van der Waals surface area (Å²) in [5.74, 6) is -0.262. The zero-order valence-corrected chi connectivity index (χ0v) is 12.7. The quantitative estimate of drug-likeness (QED) is 0.819. The number of hydrogen-bond donors (Lipinski definition) is 2. The summed E-state index contributed by atoms with van der Waals surface area (Å²) in [4.78, 5) is 11.5. The van der Waals surface area contributed by atoms with Gasteiger partial charge >= 0.3 is 0 Å². The van der Waals surface area contributed by atoms with Gasteiger partial charge in [-0.2, -0.15) is 0 Å². The lowest BCUT2D eigenvalue weighted by Crippen LogP contribution is -2.42. The van der Waals surface area contributed by atoms with E-state index in [0.717, 1.165) is 6.42 Å². The van der Waals surface area contributed by atoms with Crippen molar-refractivity contribution in [3.05, 3.63) is 24.3 Å². The minimum absolute atomic E-state index is 0.154. The number of benzene rings is 1. The lowest BCUT2D eigenvalue weighted by Gasteiger charge is -2.18. The summed E-state index contributed by atoms with van der Waals surface area (Å²) in [6.07, 6.45) is 2.06. The number of amides is 1. The molecule has 1 saturated carbocycles. The minimum atomic E-state index is -3.66. The summed E-state index contributed by atoms with van der Waals surface area (Å²) in [7, 11) is -3.66. The SMILES string of the molecule is CCOc1ccc(S(=O)(=O)N[C@H]2CCC[C@@H]2C(N)=O)cc1. The maximum Gasteiger partial charge on any atom is 0.240 e. The van der Waals surface area contributed by atoms with Gasteiger partial charge in [0.05, 0.1) is 17.4 Å². The molecule has 0 aliphatic heterocycles. The summed E-state index contributed by atoms with van der Waals surface area (Å²) in [6, 6.07) is 5.78. The first-order valence-electron chi connectivity index (χ1n) is 6.98. The smallest absolute Gasteiger partial charge is 0.240 e. The fourth-order valence-electron chi connectivity index (χ4n) is 2.59. The second-order valence-electron chi connectivity index (χ2n) is 5.07. The molecule has 1 amide bonds. The first-order chi connectivity index (χ1) is 9.94. The molecular formula is C14H20N2O4S. The van der Waals surface area contributed by atoms with E-state index in [-0.39, 0.29) is 4.90 Å². The van der Waals surface area contributed by atoms with Crippen LogP contribution >= 0.6 is 0 Å². The molecular weight excluding hydrogens is 292 g/mol. The molecule has 0 saturated heterocycles. The highest BCUT2D eigenvalue weighted by molar-refractivity contribution is 7.89. The molecule has 2 atom stereocenters. The second-order valence-corrected chi connectivity index (χ2v) is 6.79. The number of hydrogen-bond acceptors (Lipinski definition) is 4. The van der Waals surface area contributed by atoms with Gasteiger partial charge in [0.25, 0.3) is 0 Å². The van der Waals surface area contributed by atoms with Crippen molar-refractivity contribution in [1.82, 2.24) is 4.72 Å². The molecule has 21 heavy (non-hydrogen) atoms. The van der Waals surface area contributed by atoms with Crippen molar-refractivity contribution in [1.29, 1.82) is 0 Å². The standard InChI is InChI=1S/C14H20N2O4S/c1-2-20-10-6-8-11(9-7-10)21(18,19)16-13-5-3-4-12(13)14(15)17/h6-9,12-13,16H,2-5H2,1H3,(H2,15,17)/t12-,13-/m0/s1. The molecule has 1 aromatic rings. The maximum absolute atomic E-state index is 12.3. The van der Waals surface area contributed by atoms with Crippen LogP contribution in [0.1, 0.15) is 26.2 Å². The van der Waals surface area contributed by atoms with Crippen molar-refractivity contribution in [2.24, 2.45) is 11.7 Å². The van der Waals surface area contributed by atoms with Crippen molar-refractivity contribution in [2.75, 3.05) is 6.61 Å². The van der Waals surface area contributed by atoms with E-state index >= 15 is 0 Å². The Bertz CT molecular complexity index is 598. The number of nitrogens with two attached hydrogens (primary N) is 1. The van der Waals surface area contributed by atoms with Crippen LogP contribution in [0.5, 0.6) is 5.75 Å². The van der Waals surface area contributed by atoms with Crippen LogP contribution in [0.2, 0.25) is 0 Å². The number of rotatable bonds is 6. The van der Waals surface area contributed by atoms with Crippen molar-refractivity contribution in [3.8, 4) is 5.75 Å². The number of sulfonamides is 1. The molecule has 1 aliphatic rings. The van der Waals surface area contributed by atoms with E-state index in [0.29, 0.717) is 25.2 Å². The molecule has 0 spiro atoms. The summed E-state index contributed by atoms with van der Waals surface area (Å²) < 4.78 is 32.5. The number of carbonyl (C=O) groups is 1. The largest absolute Gasteiger partial charge is 0.494 e. The van der Waals surface area contributed by atoms with Crippen LogP contribution in [0.4, 0.5) is 0 Å². The molecule has 116 valence electrons. The fraction of sp³-hybridized carbons (Fsp3) is 0.500. The predicted octanol–water partition coefficient (Wildman–Crippen LogP) is 1.02. The van der Waals surface area contributed by atoms with Gasteiger partial charge < -0.3 is 10.5 Å². The molecule has 1 aliphatic carbocycles. The molecule has 3 N–H and O–H groups in total. The van der Waals surface area contributed by atoms with Gasteiger partial charge in [-0.3, -0.25) is 4.79 Å². The van der Waals surface area contributed by atoms with Crippen LogP contribution in [0.3, 0.4) is 0 Å². The fourth-order valence-corrected chi connectivity index (χ4v) is 3.90. The van der Waals surface area contributed by atoms with Gasteiger partial charge in [-0.25, -0.2) is 13.1 Å². The molecule has 1 aromatic carbocycles. The van der Waals surface area contributed by atoms with Crippen LogP contribution in [0, 0.1) is 5.92 Å². The third-order valence-electron chi connectivity index (χ3n) is 3.63. The van der Waals surface area contributed by atoms with E-state index in [9.17, 15) is 13.2 Å². The number of carbonyl (C=O) groups excluding carboxylic acids is 1. The normalized spacial score (nSPS) is 22.1. The average molecular weight is 312 g/mol. The molecule has 6 nitrogen and oxygen atoms in total. The molecule has 0 unspecified atom stereocenters. The first-order valence-corrected chi connectivity index (χ1v) is 8.47. The van der Waals surface area contributed by atoms with Crippen molar-refractivity contribution >= 4 is 15.9 Å². The monoisotopic (exact) mass is 312 g/mol. The Hall–Kier alpha value is -1.60. The highest BCUT2D eigenvalue weighted by atomic mass is 32.2. The maximum atomic E-state index is 12.3. The molecule has 1 fully saturated rings. The molecule has 0 aromatic heterocycles. The van der Waals surface area contributed by atoms with Crippen LogP contribution in [0.25, 0.3) is 0 Å². The highest BCUT2D eigenvalue weighted by Crippen LogP contribution is 2.27. The third-order valence-corrected chi connectivity index (χ3v) is 5.14. The zero-order chi connectivity index (χ0) is 15.5. The number of nitrogens with one attached hydrogen (secondary N) is 1. The Labute approximate surface area is 124 Å². The Balaban J connectivity index is 2.12. The summed E-state index contributed by atoms with van der Waals surface area (Å²) >= 11 is 0. The topological polar surface area (TPSA) is 98.5 Å². The van der Waals surface area contributed by atoms with Crippen molar-refractivity contribution < 1.29 is 17.9 Å². The van der Waals surface area contributed by atoms with Crippen LogP contribution < -0.4 is 15.2 Å². The van der Waals surface area contributed by atoms with Gasteiger partial charge in [-0.1, -0.05) is 6.42 Å². The van der Waals surface area contributed by atoms with E-state index in [1.807, 2.05) is 6.92 Å². The number of primary amides is 1. The van der Waals surface area contributed by atoms with Gasteiger partial charge in [-0.15, -0.1) is 0 Å². The van der Waals surface area contributed by atoms with Crippen LogP contribution in [0.15, 0.2) is 29.2 Å². The minimum Gasteiger partial charge on any atom is -0.494 e. The first kappa shape index (κ1) is 15.8. The Kier molecular flexibility index (Phi) is 4.84. The Morgan fingerprint density at radius 1 is 1.33 bits per heavy atom. The molecule has 2 rings (SSSR count). The molecule has 7 heteroatoms. The van der Waals surface area contributed by atoms with Gasteiger partial charge in [0.15, 0.2) is 0 Å². The van der Waals surface area contributed by atoms with E-state index in [1.165, 1.54) is 12.1 Å². The Morgan fingerprint density at radius 3 is 2.57 bits per heavy atom. The van der Waals surface area contributed by atoms with Gasteiger partial charge in [0.1, 0.15) is 5.75 Å². The molecule has 0 bridgehead atoms. The van der Waals surface area contributed by atoms with Crippen LogP contribution in [-0.2, 0) is 14.8 Å². The van der Waals surface area contributed by atoms with E-state index in [1.54, 1.807) is 12.1 Å². The van der Waals surface area contributed by atoms with Crippen molar-refractivity contribution in [2.45, 2.75) is 37.1 Å². The third kappa shape index (κ3) is 3.74. The predicted molar refractivity (Wildman–Crippen MR) is 78.3 cm³/mol. The Morgan fingerprint density at radius 2 is 2.00 bits per heavy atom. The van der Waals surface area contributed by atoms with Crippen LogP contribution in [-0.4, -0.2) is 27.0 Å². The van der Waals surface area contributed by atoms with Gasteiger partial charge in [-0.05, 0) is 44.0 Å². The van der Waals surface area contributed by atoms with Gasteiger partial charge in [0.2, 0.25) is 15.9 Å².